The van der Waals surface area contributed by atoms with E-state index in [-0.39, 0.29) is 5.91 Å². The third kappa shape index (κ3) is 4.93. The molecule has 0 aliphatic carbocycles. The summed E-state index contributed by atoms with van der Waals surface area (Å²) in [6.45, 7) is 11.9. The fourth-order valence-corrected chi connectivity index (χ4v) is 2.79. The topological polar surface area (TPSA) is 50.2 Å². The second-order valence-electron chi connectivity index (χ2n) is 6.06. The van der Waals surface area contributed by atoms with E-state index in [2.05, 4.69) is 35.2 Å². The number of carbonyl (C=O) groups excluding carboxylic acids is 1. The fraction of sp³-hybridized carbons (Fsp3) is 0.474. The first-order chi connectivity index (χ1) is 11.5. The molecule has 0 radical (unpaired) electrons. The Morgan fingerprint density at radius 2 is 1.83 bits per heavy atom. The molecule has 0 saturated carbocycles. The first kappa shape index (κ1) is 18.2. The second kappa shape index (κ2) is 8.64. The summed E-state index contributed by atoms with van der Waals surface area (Å²) in [7, 11) is 0. The van der Waals surface area contributed by atoms with Gasteiger partial charge in [0.05, 0.1) is 17.8 Å². The molecule has 2 aromatic rings. The van der Waals surface area contributed by atoms with Crippen molar-refractivity contribution in [3.8, 4) is 5.69 Å². The average Bonchev–Trinajstić information content (AvgIpc) is 2.91. The van der Waals surface area contributed by atoms with E-state index >= 15 is 0 Å². The molecule has 5 nitrogen and oxygen atoms in total. The monoisotopic (exact) mass is 328 g/mol. The van der Waals surface area contributed by atoms with Crippen LogP contribution in [0.3, 0.4) is 0 Å². The van der Waals surface area contributed by atoms with E-state index in [0.717, 1.165) is 42.3 Å². The van der Waals surface area contributed by atoms with Gasteiger partial charge in [-0.2, -0.15) is 5.10 Å². The normalized spacial score (nSPS) is 11.0. The van der Waals surface area contributed by atoms with Gasteiger partial charge in [-0.25, -0.2) is 4.68 Å². The largest absolute Gasteiger partial charge is 0.355 e. The van der Waals surface area contributed by atoms with Crippen molar-refractivity contribution in [2.24, 2.45) is 0 Å². The van der Waals surface area contributed by atoms with Gasteiger partial charge in [-0.15, -0.1) is 0 Å². The minimum Gasteiger partial charge on any atom is -0.355 e. The molecule has 0 spiro atoms. The zero-order chi connectivity index (χ0) is 17.5. The van der Waals surface area contributed by atoms with Crippen LogP contribution in [0, 0.1) is 13.8 Å². The van der Waals surface area contributed by atoms with Gasteiger partial charge >= 0.3 is 0 Å². The van der Waals surface area contributed by atoms with Crippen molar-refractivity contribution in [1.29, 1.82) is 0 Å². The van der Waals surface area contributed by atoms with Gasteiger partial charge in [0.15, 0.2) is 0 Å². The van der Waals surface area contributed by atoms with Gasteiger partial charge in [-0.05, 0) is 50.7 Å². The molecular formula is C19H28N4O. The lowest BCUT2D eigenvalue weighted by molar-refractivity contribution is -0.120. The third-order valence-corrected chi connectivity index (χ3v) is 4.20. The van der Waals surface area contributed by atoms with Crippen molar-refractivity contribution >= 4 is 5.91 Å². The first-order valence-electron chi connectivity index (χ1n) is 8.65. The molecule has 1 N–H and O–H groups in total. The Hall–Kier alpha value is -2.14. The van der Waals surface area contributed by atoms with Gasteiger partial charge in [0.25, 0.3) is 0 Å². The van der Waals surface area contributed by atoms with E-state index in [1.165, 1.54) is 0 Å². The number of hydrogen-bond donors (Lipinski definition) is 1. The number of likely N-dealkylation sites (N-methyl/N-ethyl adjacent to an activating group) is 1. The van der Waals surface area contributed by atoms with Crippen LogP contribution >= 0.6 is 0 Å². The molecular weight excluding hydrogens is 300 g/mol. The minimum atomic E-state index is 0.0704. The maximum Gasteiger partial charge on any atom is 0.224 e. The van der Waals surface area contributed by atoms with Gasteiger partial charge in [-0.1, -0.05) is 26.0 Å². The summed E-state index contributed by atoms with van der Waals surface area (Å²) in [5.74, 6) is 0.0704. The molecule has 0 aliphatic heterocycles. The van der Waals surface area contributed by atoms with Gasteiger partial charge < -0.3 is 10.2 Å². The number of nitrogens with zero attached hydrogens (tertiary/aromatic N) is 3. The van der Waals surface area contributed by atoms with Crippen molar-refractivity contribution in [2.75, 3.05) is 26.2 Å². The molecule has 1 heterocycles. The molecule has 5 heteroatoms. The molecule has 0 fully saturated rings. The summed E-state index contributed by atoms with van der Waals surface area (Å²) in [5.41, 5.74) is 4.14. The van der Waals surface area contributed by atoms with Crippen LogP contribution in [-0.2, 0) is 11.2 Å². The Morgan fingerprint density at radius 3 is 2.38 bits per heavy atom. The summed E-state index contributed by atoms with van der Waals surface area (Å²) in [6.07, 6.45) is 0.412. The molecule has 0 unspecified atom stereocenters. The van der Waals surface area contributed by atoms with Crippen LogP contribution < -0.4 is 5.32 Å². The predicted octanol–water partition coefficient (Wildman–Crippen LogP) is 2.49. The molecule has 2 rings (SSSR count). The molecule has 0 atom stereocenters. The van der Waals surface area contributed by atoms with Crippen LogP contribution in [0.5, 0.6) is 0 Å². The lowest BCUT2D eigenvalue weighted by Gasteiger charge is -2.17. The Labute approximate surface area is 144 Å². The zero-order valence-electron chi connectivity index (χ0n) is 15.2. The van der Waals surface area contributed by atoms with E-state index < -0.39 is 0 Å². The van der Waals surface area contributed by atoms with Crippen LogP contribution in [0.15, 0.2) is 30.3 Å². The van der Waals surface area contributed by atoms with E-state index in [9.17, 15) is 4.79 Å². The van der Waals surface area contributed by atoms with Crippen LogP contribution in [0.1, 0.15) is 30.8 Å². The van der Waals surface area contributed by atoms with Crippen LogP contribution in [0.2, 0.25) is 0 Å². The Bertz CT molecular complexity index is 657. The lowest BCUT2D eigenvalue weighted by atomic mass is 10.1. The number of carbonyl (C=O) groups is 1. The molecule has 0 aliphatic rings. The molecule has 1 amide bonds. The maximum atomic E-state index is 12.0. The summed E-state index contributed by atoms with van der Waals surface area (Å²) in [5, 5.41) is 7.47. The van der Waals surface area contributed by atoms with E-state index in [4.69, 9.17) is 0 Å². The highest BCUT2D eigenvalue weighted by molar-refractivity contribution is 5.78. The summed E-state index contributed by atoms with van der Waals surface area (Å²) >= 11 is 0. The predicted molar refractivity (Wildman–Crippen MR) is 97.5 cm³/mol. The quantitative estimate of drug-likeness (QED) is 0.810. The van der Waals surface area contributed by atoms with Crippen molar-refractivity contribution in [1.82, 2.24) is 20.0 Å². The number of hydrogen-bond acceptors (Lipinski definition) is 3. The zero-order valence-corrected chi connectivity index (χ0v) is 15.2. The molecule has 24 heavy (non-hydrogen) atoms. The van der Waals surface area contributed by atoms with Crippen LogP contribution in [0.4, 0.5) is 0 Å². The standard InChI is InChI=1S/C19H28N4O/c1-5-22(6-2)12-11-20-19(24)14-17-7-9-18(10-8-17)23-16(4)13-15(3)21-23/h7-10,13H,5-6,11-12,14H2,1-4H3,(H,20,24). The number of aryl methyl sites for hydroxylation is 2. The average molecular weight is 328 g/mol. The van der Waals surface area contributed by atoms with Crippen molar-refractivity contribution in [3.63, 3.8) is 0 Å². The molecule has 1 aromatic heterocycles. The van der Waals surface area contributed by atoms with E-state index in [0.29, 0.717) is 13.0 Å². The van der Waals surface area contributed by atoms with Crippen molar-refractivity contribution in [3.05, 3.63) is 47.3 Å². The fourth-order valence-electron chi connectivity index (χ4n) is 2.79. The first-order valence-corrected chi connectivity index (χ1v) is 8.65. The maximum absolute atomic E-state index is 12.0. The summed E-state index contributed by atoms with van der Waals surface area (Å²) in [4.78, 5) is 14.3. The van der Waals surface area contributed by atoms with Crippen molar-refractivity contribution < 1.29 is 4.79 Å². The van der Waals surface area contributed by atoms with Crippen molar-refractivity contribution in [2.45, 2.75) is 34.1 Å². The number of rotatable bonds is 8. The van der Waals surface area contributed by atoms with E-state index in [1.54, 1.807) is 0 Å². The molecule has 1 aromatic carbocycles. The van der Waals surface area contributed by atoms with Gasteiger partial charge in [0, 0.05) is 18.8 Å². The number of aromatic nitrogens is 2. The summed E-state index contributed by atoms with van der Waals surface area (Å²) in [6, 6.07) is 10.1. The van der Waals surface area contributed by atoms with Crippen LogP contribution in [0.25, 0.3) is 5.69 Å². The number of benzene rings is 1. The Kier molecular flexibility index (Phi) is 6.55. The molecule has 0 bridgehead atoms. The molecule has 130 valence electrons. The SMILES string of the molecule is CCN(CC)CCNC(=O)Cc1ccc(-n2nc(C)cc2C)cc1. The van der Waals surface area contributed by atoms with Gasteiger partial charge in [-0.3, -0.25) is 4.79 Å². The second-order valence-corrected chi connectivity index (χ2v) is 6.06. The number of nitrogens with one attached hydrogen (secondary N) is 1. The van der Waals surface area contributed by atoms with Crippen LogP contribution in [-0.4, -0.2) is 46.8 Å². The highest BCUT2D eigenvalue weighted by atomic mass is 16.1. The lowest BCUT2D eigenvalue weighted by Crippen LogP contribution is -2.35. The third-order valence-electron chi connectivity index (χ3n) is 4.20. The molecule has 0 saturated heterocycles. The highest BCUT2D eigenvalue weighted by Crippen LogP contribution is 2.13. The van der Waals surface area contributed by atoms with Gasteiger partial charge in [0.1, 0.15) is 0 Å². The number of amides is 1. The summed E-state index contributed by atoms with van der Waals surface area (Å²) < 4.78 is 1.92. The Balaban J connectivity index is 1.87. The highest BCUT2D eigenvalue weighted by Gasteiger charge is 2.07. The van der Waals surface area contributed by atoms with E-state index in [1.807, 2.05) is 42.8 Å². The van der Waals surface area contributed by atoms with Gasteiger partial charge in [0.2, 0.25) is 5.91 Å². The minimum absolute atomic E-state index is 0.0704. The smallest absolute Gasteiger partial charge is 0.224 e. The Morgan fingerprint density at radius 1 is 1.17 bits per heavy atom.